The molecular formula is C21H21ClN2O4. The number of halogens is 1. The van der Waals surface area contributed by atoms with E-state index in [4.69, 9.17) is 16.3 Å². The lowest BCUT2D eigenvalue weighted by Crippen LogP contribution is -2.16. The first kappa shape index (κ1) is 19.9. The molecule has 1 heterocycles. The second kappa shape index (κ2) is 9.37. The molecule has 1 aromatic heterocycles. The Labute approximate surface area is 167 Å². The molecule has 0 aliphatic heterocycles. The number of nitrogens with zero attached hydrogens (tertiary/aromatic N) is 1. The minimum absolute atomic E-state index is 0.0195. The van der Waals surface area contributed by atoms with E-state index in [9.17, 15) is 9.59 Å². The summed E-state index contributed by atoms with van der Waals surface area (Å²) in [5.74, 6) is 0.731. The van der Waals surface area contributed by atoms with Crippen LogP contribution in [0.1, 0.15) is 23.4 Å². The molecule has 0 saturated heterocycles. The Morgan fingerprint density at radius 1 is 1.11 bits per heavy atom. The van der Waals surface area contributed by atoms with Gasteiger partial charge in [0, 0.05) is 24.3 Å². The van der Waals surface area contributed by atoms with E-state index in [1.54, 1.807) is 19.2 Å². The average Bonchev–Trinajstić information content (AvgIpc) is 3.09. The van der Waals surface area contributed by atoms with E-state index in [2.05, 4.69) is 14.7 Å². The lowest BCUT2D eigenvalue weighted by atomic mass is 9.89. The highest BCUT2D eigenvalue weighted by Crippen LogP contribution is 2.20. The number of hydrogen-bond acceptors (Lipinski definition) is 5. The van der Waals surface area contributed by atoms with Crippen molar-refractivity contribution in [2.75, 3.05) is 7.11 Å². The van der Waals surface area contributed by atoms with Crippen molar-refractivity contribution in [2.24, 2.45) is 5.92 Å². The van der Waals surface area contributed by atoms with Gasteiger partial charge in [0.15, 0.2) is 5.82 Å². The van der Waals surface area contributed by atoms with E-state index in [-0.39, 0.29) is 11.7 Å². The predicted octanol–water partition coefficient (Wildman–Crippen LogP) is 3.63. The fourth-order valence-corrected chi connectivity index (χ4v) is 3.28. The smallest absolute Gasteiger partial charge is 0.438 e. The fraction of sp³-hybridized carbons (Fsp3) is 0.286. The molecule has 0 spiro atoms. The molecule has 1 unspecified atom stereocenters. The number of benzene rings is 2. The zero-order valence-electron chi connectivity index (χ0n) is 15.5. The number of aromatic nitrogens is 2. The first-order valence-electron chi connectivity index (χ1n) is 8.96. The molecule has 146 valence electrons. The number of rotatable bonds is 9. The second-order valence-corrected chi connectivity index (χ2v) is 7.15. The number of ketones is 1. The minimum atomic E-state index is -0.592. The molecule has 3 rings (SSSR count). The molecule has 7 heteroatoms. The van der Waals surface area contributed by atoms with Gasteiger partial charge in [-0.3, -0.25) is 14.3 Å². The molecule has 28 heavy (non-hydrogen) atoms. The van der Waals surface area contributed by atoms with E-state index in [0.29, 0.717) is 36.5 Å². The van der Waals surface area contributed by atoms with Crippen molar-refractivity contribution in [3.8, 4) is 5.75 Å². The van der Waals surface area contributed by atoms with Crippen LogP contribution in [0.5, 0.6) is 5.75 Å². The first-order chi connectivity index (χ1) is 13.5. The summed E-state index contributed by atoms with van der Waals surface area (Å²) in [4.78, 5) is 26.4. The number of H-pyrrole nitrogens is 1. The molecule has 0 fully saturated rings. The molecule has 2 aromatic carbocycles. The fourth-order valence-electron chi connectivity index (χ4n) is 3.16. The van der Waals surface area contributed by atoms with Gasteiger partial charge in [0.25, 0.3) is 0 Å². The highest BCUT2D eigenvalue weighted by Gasteiger charge is 2.18. The van der Waals surface area contributed by atoms with Crippen molar-refractivity contribution in [1.82, 2.24) is 10.1 Å². The highest BCUT2D eigenvalue weighted by atomic mass is 35.5. The van der Waals surface area contributed by atoms with Crippen LogP contribution in [0.4, 0.5) is 0 Å². The van der Waals surface area contributed by atoms with Crippen molar-refractivity contribution in [3.63, 3.8) is 0 Å². The Morgan fingerprint density at radius 2 is 1.79 bits per heavy atom. The predicted molar refractivity (Wildman–Crippen MR) is 106 cm³/mol. The highest BCUT2D eigenvalue weighted by molar-refractivity contribution is 6.30. The average molecular weight is 401 g/mol. The number of hydrogen-bond donors (Lipinski definition) is 1. The molecule has 1 atom stereocenters. The molecule has 1 N–H and O–H groups in total. The SMILES string of the molecule is COc1ccc(CC(CC(=O)Cc2ccc(Cl)cc2)Cc2noc(=O)[nH]2)cc1. The Balaban J connectivity index is 1.69. The maximum absolute atomic E-state index is 12.6. The van der Waals surface area contributed by atoms with Gasteiger partial charge in [-0.05, 0) is 47.7 Å². The summed E-state index contributed by atoms with van der Waals surface area (Å²) < 4.78 is 9.77. The summed E-state index contributed by atoms with van der Waals surface area (Å²) in [5.41, 5.74) is 2.00. The van der Waals surface area contributed by atoms with E-state index >= 15 is 0 Å². The summed E-state index contributed by atoms with van der Waals surface area (Å²) in [6.45, 7) is 0. The topological polar surface area (TPSA) is 85.2 Å². The van der Waals surface area contributed by atoms with Crippen LogP contribution in [0.25, 0.3) is 0 Å². The van der Waals surface area contributed by atoms with Gasteiger partial charge in [-0.1, -0.05) is 41.0 Å². The third-order valence-corrected chi connectivity index (χ3v) is 4.73. The van der Waals surface area contributed by atoms with Crippen LogP contribution in [0, 0.1) is 5.92 Å². The Bertz CT molecular complexity index is 961. The molecule has 3 aromatic rings. The van der Waals surface area contributed by atoms with Crippen molar-refractivity contribution in [1.29, 1.82) is 0 Å². The van der Waals surface area contributed by atoms with Crippen LogP contribution in [0.15, 0.2) is 57.8 Å². The molecule has 0 aliphatic carbocycles. The summed E-state index contributed by atoms with van der Waals surface area (Å²) in [7, 11) is 1.62. The maximum atomic E-state index is 12.6. The molecule has 0 radical (unpaired) electrons. The molecule has 0 amide bonds. The van der Waals surface area contributed by atoms with E-state index in [1.807, 2.05) is 36.4 Å². The second-order valence-electron chi connectivity index (χ2n) is 6.71. The van der Waals surface area contributed by atoms with Crippen LogP contribution in [-0.4, -0.2) is 23.0 Å². The largest absolute Gasteiger partial charge is 0.497 e. The van der Waals surface area contributed by atoms with Crippen LogP contribution >= 0.6 is 11.6 Å². The lowest BCUT2D eigenvalue weighted by Gasteiger charge is -2.15. The van der Waals surface area contributed by atoms with Gasteiger partial charge in [-0.2, -0.15) is 0 Å². The molecule has 6 nitrogen and oxygen atoms in total. The summed E-state index contributed by atoms with van der Waals surface area (Å²) >= 11 is 5.90. The van der Waals surface area contributed by atoms with Gasteiger partial charge >= 0.3 is 5.76 Å². The third-order valence-electron chi connectivity index (χ3n) is 4.48. The third kappa shape index (κ3) is 5.82. The zero-order valence-corrected chi connectivity index (χ0v) is 16.2. The maximum Gasteiger partial charge on any atom is 0.438 e. The Hall–Kier alpha value is -2.86. The minimum Gasteiger partial charge on any atom is -0.497 e. The number of nitrogens with one attached hydrogen (secondary N) is 1. The van der Waals surface area contributed by atoms with Crippen molar-refractivity contribution in [2.45, 2.75) is 25.7 Å². The quantitative estimate of drug-likeness (QED) is 0.592. The van der Waals surface area contributed by atoms with Crippen LogP contribution < -0.4 is 10.5 Å². The lowest BCUT2D eigenvalue weighted by molar-refractivity contribution is -0.119. The van der Waals surface area contributed by atoms with Crippen molar-refractivity contribution < 1.29 is 14.1 Å². The number of carbonyl (C=O) groups excluding carboxylic acids is 1. The van der Waals surface area contributed by atoms with Gasteiger partial charge in [0.2, 0.25) is 0 Å². The number of aromatic amines is 1. The van der Waals surface area contributed by atoms with Gasteiger partial charge < -0.3 is 4.74 Å². The van der Waals surface area contributed by atoms with E-state index < -0.39 is 5.76 Å². The number of ether oxygens (including phenoxy) is 1. The summed E-state index contributed by atoms with van der Waals surface area (Å²) in [5, 5.41) is 4.38. The van der Waals surface area contributed by atoms with E-state index in [1.165, 1.54) is 0 Å². The standard InChI is InChI=1S/C21H21ClN2O4/c1-27-19-8-4-14(5-9-19)10-16(13-20-23-21(26)28-24-20)12-18(25)11-15-2-6-17(22)7-3-15/h2-9,16H,10-13H2,1H3,(H,23,24,26). The van der Waals surface area contributed by atoms with Gasteiger partial charge in [-0.25, -0.2) is 4.79 Å². The van der Waals surface area contributed by atoms with Crippen LogP contribution in [0.3, 0.4) is 0 Å². The van der Waals surface area contributed by atoms with Gasteiger partial charge in [0.1, 0.15) is 11.5 Å². The number of Topliss-reactive ketones (excluding diaryl/α,β-unsaturated/α-hetero) is 1. The molecule has 0 bridgehead atoms. The van der Waals surface area contributed by atoms with Crippen molar-refractivity contribution in [3.05, 3.63) is 81.1 Å². The van der Waals surface area contributed by atoms with Crippen molar-refractivity contribution >= 4 is 17.4 Å². The monoisotopic (exact) mass is 400 g/mol. The Kier molecular flexibility index (Phi) is 6.66. The molecule has 0 aliphatic rings. The Morgan fingerprint density at radius 3 is 2.39 bits per heavy atom. The molecular weight excluding hydrogens is 380 g/mol. The van der Waals surface area contributed by atoms with Gasteiger partial charge in [-0.15, -0.1) is 0 Å². The molecule has 0 saturated carbocycles. The number of methoxy groups -OCH3 is 1. The zero-order chi connectivity index (χ0) is 19.9. The first-order valence-corrected chi connectivity index (χ1v) is 9.33. The summed E-state index contributed by atoms with van der Waals surface area (Å²) in [6, 6.07) is 15.0. The summed E-state index contributed by atoms with van der Waals surface area (Å²) in [6.07, 6.45) is 1.82. The number of carbonyl (C=O) groups is 1. The normalized spacial score (nSPS) is 11.9. The van der Waals surface area contributed by atoms with Crippen LogP contribution in [0.2, 0.25) is 5.02 Å². The van der Waals surface area contributed by atoms with Gasteiger partial charge in [0.05, 0.1) is 7.11 Å². The van der Waals surface area contributed by atoms with Crippen LogP contribution in [-0.2, 0) is 24.1 Å². The van der Waals surface area contributed by atoms with E-state index in [0.717, 1.165) is 16.9 Å².